The quantitative estimate of drug-likeness (QED) is 0.450. The number of Topliss-reactive ketones (excluding diaryl/α,β-unsaturated/α-hetero) is 1. The fourth-order valence-electron chi connectivity index (χ4n) is 1.86. The highest BCUT2D eigenvalue weighted by Gasteiger charge is 2.51. The molecule has 1 aliphatic rings. The highest BCUT2D eigenvalue weighted by atomic mass is 35.5. The molecule has 16 heavy (non-hydrogen) atoms. The first-order chi connectivity index (χ1) is 7.59. The molecular weight excluding hydrogens is 228 g/mol. The van der Waals surface area contributed by atoms with E-state index in [2.05, 4.69) is 0 Å². The van der Waals surface area contributed by atoms with Crippen molar-refractivity contribution < 1.29 is 14.3 Å². The van der Waals surface area contributed by atoms with Crippen LogP contribution in [0.2, 0.25) is 0 Å². The third kappa shape index (κ3) is 1.52. The summed E-state index contributed by atoms with van der Waals surface area (Å²) in [5, 5.41) is 0. The molecule has 0 aromatic heterocycles. The molecule has 1 unspecified atom stereocenters. The molecule has 0 saturated carbocycles. The van der Waals surface area contributed by atoms with Crippen molar-refractivity contribution in [3.8, 4) is 0 Å². The van der Waals surface area contributed by atoms with Crippen molar-refractivity contribution in [2.75, 3.05) is 6.61 Å². The van der Waals surface area contributed by atoms with Gasteiger partial charge in [-0.25, -0.2) is 4.79 Å². The standard InChI is InChI=1S/C12H11ClO3/c1-2-16-11(15)12(13)7-8-5-3-4-6-9(8)10(12)14/h3-6H,2,7H2,1H3. The summed E-state index contributed by atoms with van der Waals surface area (Å²) in [6.07, 6.45) is 0.211. The molecule has 1 aromatic rings. The summed E-state index contributed by atoms with van der Waals surface area (Å²) in [6, 6.07) is 7.06. The van der Waals surface area contributed by atoms with Crippen LogP contribution in [-0.4, -0.2) is 23.2 Å². The Morgan fingerprint density at radius 2 is 2.19 bits per heavy atom. The first kappa shape index (κ1) is 11.1. The van der Waals surface area contributed by atoms with Gasteiger partial charge in [0, 0.05) is 12.0 Å². The lowest BCUT2D eigenvalue weighted by Gasteiger charge is -2.16. The maximum atomic E-state index is 12.0. The number of carbonyl (C=O) groups excluding carboxylic acids is 2. The second kappa shape index (κ2) is 3.91. The number of alkyl halides is 1. The highest BCUT2D eigenvalue weighted by Crippen LogP contribution is 2.36. The Bertz CT molecular complexity index is 455. The van der Waals surface area contributed by atoms with Gasteiger partial charge in [-0.3, -0.25) is 4.79 Å². The summed E-state index contributed by atoms with van der Waals surface area (Å²) in [5.41, 5.74) is 1.32. The van der Waals surface area contributed by atoms with Crippen LogP contribution in [0, 0.1) is 0 Å². The van der Waals surface area contributed by atoms with Crippen LogP contribution in [0.15, 0.2) is 24.3 Å². The molecule has 0 N–H and O–H groups in total. The molecule has 0 fully saturated rings. The van der Waals surface area contributed by atoms with Crippen LogP contribution in [0.5, 0.6) is 0 Å². The molecule has 4 heteroatoms. The Morgan fingerprint density at radius 1 is 1.50 bits per heavy atom. The van der Waals surface area contributed by atoms with Gasteiger partial charge >= 0.3 is 5.97 Å². The van der Waals surface area contributed by atoms with E-state index in [1.54, 1.807) is 25.1 Å². The largest absolute Gasteiger partial charge is 0.464 e. The van der Waals surface area contributed by atoms with Crippen LogP contribution in [0.25, 0.3) is 0 Å². The van der Waals surface area contributed by atoms with Gasteiger partial charge in [-0.05, 0) is 12.5 Å². The molecule has 2 rings (SSSR count). The van der Waals surface area contributed by atoms with E-state index in [4.69, 9.17) is 16.3 Å². The van der Waals surface area contributed by atoms with Gasteiger partial charge in [-0.2, -0.15) is 0 Å². The Hall–Kier alpha value is -1.35. The van der Waals surface area contributed by atoms with Gasteiger partial charge in [0.05, 0.1) is 6.61 Å². The van der Waals surface area contributed by atoms with Crippen molar-refractivity contribution in [1.82, 2.24) is 0 Å². The molecule has 0 spiro atoms. The van der Waals surface area contributed by atoms with E-state index in [9.17, 15) is 9.59 Å². The lowest BCUT2D eigenvalue weighted by molar-refractivity contribution is -0.144. The van der Waals surface area contributed by atoms with Gasteiger partial charge < -0.3 is 4.74 Å². The molecule has 0 bridgehead atoms. The lowest BCUT2D eigenvalue weighted by atomic mass is 10.0. The second-order valence-electron chi connectivity index (χ2n) is 3.68. The van der Waals surface area contributed by atoms with Gasteiger partial charge in [0.1, 0.15) is 0 Å². The first-order valence-electron chi connectivity index (χ1n) is 5.08. The van der Waals surface area contributed by atoms with Gasteiger partial charge in [0.15, 0.2) is 5.78 Å². The maximum Gasteiger partial charge on any atom is 0.335 e. The fourth-order valence-corrected chi connectivity index (χ4v) is 2.16. The number of rotatable bonds is 2. The van der Waals surface area contributed by atoms with Gasteiger partial charge in [0.2, 0.25) is 4.87 Å². The summed E-state index contributed by atoms with van der Waals surface area (Å²) in [5.74, 6) is -1.01. The van der Waals surface area contributed by atoms with Crippen molar-refractivity contribution in [2.24, 2.45) is 0 Å². The number of fused-ring (bicyclic) bond motifs is 1. The number of hydrogen-bond acceptors (Lipinski definition) is 3. The molecule has 0 heterocycles. The van der Waals surface area contributed by atoms with Crippen LogP contribution in [0.1, 0.15) is 22.8 Å². The number of ether oxygens (including phenoxy) is 1. The van der Waals surface area contributed by atoms with E-state index in [1.807, 2.05) is 6.07 Å². The predicted molar refractivity (Wildman–Crippen MR) is 59.7 cm³/mol. The van der Waals surface area contributed by atoms with Gasteiger partial charge in [-0.1, -0.05) is 35.9 Å². The van der Waals surface area contributed by atoms with E-state index in [-0.39, 0.29) is 18.8 Å². The smallest absolute Gasteiger partial charge is 0.335 e. The normalized spacial score (nSPS) is 23.0. The average Bonchev–Trinajstić information content (AvgIpc) is 2.54. The van der Waals surface area contributed by atoms with Crippen LogP contribution >= 0.6 is 11.6 Å². The molecule has 0 amide bonds. The molecule has 0 radical (unpaired) electrons. The predicted octanol–water partition coefficient (Wildman–Crippen LogP) is 1.97. The van der Waals surface area contributed by atoms with Crippen molar-refractivity contribution in [1.29, 1.82) is 0 Å². The highest BCUT2D eigenvalue weighted by molar-refractivity contribution is 6.49. The maximum absolute atomic E-state index is 12.0. The minimum atomic E-state index is -1.56. The number of ketones is 1. The van der Waals surface area contributed by atoms with Crippen LogP contribution in [0.3, 0.4) is 0 Å². The van der Waals surface area contributed by atoms with Crippen LogP contribution < -0.4 is 0 Å². The number of hydrogen-bond donors (Lipinski definition) is 0. The van der Waals surface area contributed by atoms with Gasteiger partial charge in [0.25, 0.3) is 0 Å². The monoisotopic (exact) mass is 238 g/mol. The minimum absolute atomic E-state index is 0.211. The number of esters is 1. The Kier molecular flexibility index (Phi) is 2.72. The third-order valence-electron chi connectivity index (χ3n) is 2.65. The number of halogens is 1. The van der Waals surface area contributed by atoms with Crippen molar-refractivity contribution in [3.05, 3.63) is 35.4 Å². The Labute approximate surface area is 98.4 Å². The number of carbonyl (C=O) groups is 2. The molecule has 0 aliphatic heterocycles. The number of benzene rings is 1. The summed E-state index contributed by atoms with van der Waals surface area (Å²) in [4.78, 5) is 22.1. The molecule has 1 aromatic carbocycles. The van der Waals surface area contributed by atoms with Crippen LogP contribution in [0.4, 0.5) is 0 Å². The SMILES string of the molecule is CCOC(=O)C1(Cl)Cc2ccccc2C1=O. The van der Waals surface area contributed by atoms with Crippen molar-refractivity contribution in [3.63, 3.8) is 0 Å². The van der Waals surface area contributed by atoms with E-state index in [0.717, 1.165) is 5.56 Å². The summed E-state index contributed by atoms with van der Waals surface area (Å²) < 4.78 is 4.84. The molecular formula is C12H11ClO3. The topological polar surface area (TPSA) is 43.4 Å². The molecule has 1 aliphatic carbocycles. The summed E-state index contributed by atoms with van der Waals surface area (Å²) >= 11 is 6.09. The zero-order chi connectivity index (χ0) is 11.8. The molecule has 84 valence electrons. The molecule has 0 saturated heterocycles. The van der Waals surface area contributed by atoms with E-state index < -0.39 is 10.8 Å². The van der Waals surface area contributed by atoms with Crippen LogP contribution in [-0.2, 0) is 16.0 Å². The fraction of sp³-hybridized carbons (Fsp3) is 0.333. The molecule has 3 nitrogen and oxygen atoms in total. The third-order valence-corrected chi connectivity index (χ3v) is 3.11. The van der Waals surface area contributed by atoms with Crippen molar-refractivity contribution in [2.45, 2.75) is 18.2 Å². The first-order valence-corrected chi connectivity index (χ1v) is 5.46. The molecule has 1 atom stereocenters. The zero-order valence-electron chi connectivity index (χ0n) is 8.83. The van der Waals surface area contributed by atoms with E-state index in [0.29, 0.717) is 5.56 Å². The van der Waals surface area contributed by atoms with E-state index in [1.165, 1.54) is 0 Å². The summed E-state index contributed by atoms with van der Waals surface area (Å²) in [6.45, 7) is 1.90. The van der Waals surface area contributed by atoms with Crippen molar-refractivity contribution >= 4 is 23.4 Å². The zero-order valence-corrected chi connectivity index (χ0v) is 9.58. The summed E-state index contributed by atoms with van der Waals surface area (Å²) in [7, 11) is 0. The Balaban J connectivity index is 2.37. The average molecular weight is 239 g/mol. The second-order valence-corrected chi connectivity index (χ2v) is 4.33. The Morgan fingerprint density at radius 3 is 2.81 bits per heavy atom. The lowest BCUT2D eigenvalue weighted by Crippen LogP contribution is -2.40. The van der Waals surface area contributed by atoms with E-state index >= 15 is 0 Å². The minimum Gasteiger partial charge on any atom is -0.464 e. The van der Waals surface area contributed by atoms with Gasteiger partial charge in [-0.15, -0.1) is 0 Å².